The summed E-state index contributed by atoms with van der Waals surface area (Å²) in [6.07, 6.45) is 22.8. The molecule has 0 fully saturated rings. The summed E-state index contributed by atoms with van der Waals surface area (Å²) in [6.45, 7) is 1.84. The molecule has 2 N–H and O–H groups in total. The molecule has 5 nitrogen and oxygen atoms in total. The third kappa shape index (κ3) is 18.3. The first-order valence-electron chi connectivity index (χ1n) is 9.26. The topological polar surface area (TPSA) is 78.6 Å². The lowest BCUT2D eigenvalue weighted by Crippen LogP contribution is -2.19. The summed E-state index contributed by atoms with van der Waals surface area (Å²) in [7, 11) is 0. The van der Waals surface area contributed by atoms with E-state index >= 15 is 0 Å². The Labute approximate surface area is 151 Å². The third-order valence-electron chi connectivity index (χ3n) is 3.43. The van der Waals surface area contributed by atoms with E-state index in [2.05, 4.69) is 53.2 Å². The van der Waals surface area contributed by atoms with Crippen LogP contribution in [0.15, 0.2) is 36.5 Å². The smallest absolute Gasteiger partial charge is 0.321 e. The van der Waals surface area contributed by atoms with Crippen molar-refractivity contribution in [3.05, 3.63) is 36.5 Å². The molecule has 0 bridgehead atoms. The van der Waals surface area contributed by atoms with Crippen LogP contribution < -0.4 is 5.73 Å². The predicted octanol–water partition coefficient (Wildman–Crippen LogP) is 4.54. The van der Waals surface area contributed by atoms with Gasteiger partial charge in [0.15, 0.2) is 0 Å². The maximum absolute atomic E-state index is 11.2. The van der Waals surface area contributed by atoms with Gasteiger partial charge < -0.3 is 5.73 Å². The summed E-state index contributed by atoms with van der Waals surface area (Å²) < 4.78 is 0. The second-order valence-corrected chi connectivity index (χ2v) is 5.72. The van der Waals surface area contributed by atoms with Crippen molar-refractivity contribution in [1.82, 2.24) is 0 Å². The molecular formula is C20H33NO4. The minimum absolute atomic E-state index is 0.261. The van der Waals surface area contributed by atoms with Gasteiger partial charge in [-0.05, 0) is 38.5 Å². The quantitative estimate of drug-likeness (QED) is 0.215. The Bertz CT molecular complexity index is 427. The molecule has 0 aromatic rings. The van der Waals surface area contributed by atoms with Gasteiger partial charge in [0.2, 0.25) is 0 Å². The maximum Gasteiger partial charge on any atom is 0.368 e. The summed E-state index contributed by atoms with van der Waals surface area (Å²) >= 11 is 0. The van der Waals surface area contributed by atoms with E-state index in [1.807, 2.05) is 0 Å². The van der Waals surface area contributed by atoms with Crippen LogP contribution in [0.5, 0.6) is 0 Å². The van der Waals surface area contributed by atoms with Crippen LogP contribution in [0.25, 0.3) is 0 Å². The van der Waals surface area contributed by atoms with Gasteiger partial charge in [-0.1, -0.05) is 62.6 Å². The first-order valence-corrected chi connectivity index (χ1v) is 9.26. The van der Waals surface area contributed by atoms with E-state index in [4.69, 9.17) is 5.73 Å². The molecular weight excluding hydrogens is 318 g/mol. The van der Waals surface area contributed by atoms with Gasteiger partial charge in [0, 0.05) is 0 Å². The fourth-order valence-corrected chi connectivity index (χ4v) is 2.06. The third-order valence-corrected chi connectivity index (χ3v) is 3.43. The van der Waals surface area contributed by atoms with Gasteiger partial charge in [-0.2, -0.15) is 0 Å². The number of carbonyl (C=O) groups excluding carboxylic acids is 2. The average Bonchev–Trinajstić information content (AvgIpc) is 2.62. The van der Waals surface area contributed by atoms with E-state index in [1.165, 1.54) is 0 Å². The number of hydrogen-bond acceptors (Lipinski definition) is 5. The molecule has 0 radical (unpaired) electrons. The van der Waals surface area contributed by atoms with Gasteiger partial charge in [-0.3, -0.25) is 0 Å². The molecule has 0 saturated carbocycles. The van der Waals surface area contributed by atoms with Gasteiger partial charge in [0.05, 0.1) is 13.0 Å². The SMILES string of the molecule is CC/C=C\C/C=C\C/C=C\CCCCCCCC(=O)OOC(=O)CN. The molecule has 0 aromatic heterocycles. The van der Waals surface area contributed by atoms with Crippen molar-refractivity contribution in [1.29, 1.82) is 0 Å². The first-order chi connectivity index (χ1) is 12.2. The molecule has 0 unspecified atom stereocenters. The fraction of sp³-hybridized carbons (Fsp3) is 0.600. The highest BCUT2D eigenvalue weighted by Crippen LogP contribution is 2.08. The highest BCUT2D eigenvalue weighted by Gasteiger charge is 2.07. The van der Waals surface area contributed by atoms with Crippen LogP contribution in [-0.4, -0.2) is 18.5 Å². The molecule has 0 rings (SSSR count). The minimum atomic E-state index is -0.745. The van der Waals surface area contributed by atoms with E-state index < -0.39 is 11.9 Å². The van der Waals surface area contributed by atoms with Gasteiger partial charge in [-0.25, -0.2) is 19.4 Å². The lowest BCUT2D eigenvalue weighted by atomic mass is 10.1. The molecule has 0 aromatic carbocycles. The lowest BCUT2D eigenvalue weighted by Gasteiger charge is -2.02. The molecule has 0 amide bonds. The number of rotatable bonds is 14. The van der Waals surface area contributed by atoms with Gasteiger partial charge in [0.25, 0.3) is 0 Å². The fourth-order valence-electron chi connectivity index (χ4n) is 2.06. The highest BCUT2D eigenvalue weighted by molar-refractivity contribution is 5.73. The number of carbonyl (C=O) groups is 2. The van der Waals surface area contributed by atoms with Crippen LogP contribution in [0.2, 0.25) is 0 Å². The van der Waals surface area contributed by atoms with Crippen molar-refractivity contribution in [2.24, 2.45) is 5.73 Å². The average molecular weight is 351 g/mol. The van der Waals surface area contributed by atoms with E-state index in [0.29, 0.717) is 0 Å². The molecule has 0 aliphatic rings. The molecule has 0 atom stereocenters. The van der Waals surface area contributed by atoms with Crippen molar-refractivity contribution in [3.63, 3.8) is 0 Å². The summed E-state index contributed by atoms with van der Waals surface area (Å²) in [5, 5.41) is 0. The highest BCUT2D eigenvalue weighted by atomic mass is 17.2. The summed E-state index contributed by atoms with van der Waals surface area (Å²) in [5.41, 5.74) is 5.02. The Kier molecular flexibility index (Phi) is 17.1. The molecule has 0 saturated heterocycles. The predicted molar refractivity (Wildman–Crippen MR) is 101 cm³/mol. The molecule has 0 heterocycles. The van der Waals surface area contributed by atoms with Crippen molar-refractivity contribution in [2.75, 3.05) is 6.54 Å². The molecule has 0 spiro atoms. The molecule has 25 heavy (non-hydrogen) atoms. The maximum atomic E-state index is 11.2. The summed E-state index contributed by atoms with van der Waals surface area (Å²) in [6, 6.07) is 0. The number of nitrogens with two attached hydrogens (primary N) is 1. The molecule has 142 valence electrons. The Hall–Kier alpha value is -1.88. The van der Waals surface area contributed by atoms with Crippen molar-refractivity contribution >= 4 is 11.9 Å². The van der Waals surface area contributed by atoms with E-state index in [-0.39, 0.29) is 13.0 Å². The van der Waals surface area contributed by atoms with Crippen LogP contribution in [0.3, 0.4) is 0 Å². The largest absolute Gasteiger partial charge is 0.368 e. The number of unbranched alkanes of at least 4 members (excludes halogenated alkanes) is 5. The standard InChI is InChI=1S/C20H33NO4/c1-2-3-4-5-6-7-8-9-10-11-12-13-14-15-16-17-19(22)24-25-20(23)18-21/h3-4,6-7,9-10H,2,5,8,11-18,21H2,1H3/b4-3-,7-6-,10-9-. The second-order valence-electron chi connectivity index (χ2n) is 5.72. The van der Waals surface area contributed by atoms with E-state index in [9.17, 15) is 9.59 Å². The first kappa shape index (κ1) is 23.1. The summed E-state index contributed by atoms with van der Waals surface area (Å²) in [5.74, 6) is -1.27. The normalized spacial score (nSPS) is 11.6. The van der Waals surface area contributed by atoms with Gasteiger partial charge in [-0.15, -0.1) is 0 Å². The molecule has 0 aliphatic heterocycles. The second kappa shape index (κ2) is 18.5. The zero-order chi connectivity index (χ0) is 18.6. The van der Waals surface area contributed by atoms with Crippen LogP contribution >= 0.6 is 0 Å². The molecule has 0 aliphatic carbocycles. The Morgan fingerprint density at radius 2 is 1.32 bits per heavy atom. The molecule has 5 heteroatoms. The zero-order valence-electron chi connectivity index (χ0n) is 15.5. The summed E-state index contributed by atoms with van der Waals surface area (Å²) in [4.78, 5) is 30.5. The van der Waals surface area contributed by atoms with Crippen LogP contribution in [-0.2, 0) is 19.4 Å². The van der Waals surface area contributed by atoms with Crippen LogP contribution in [0, 0.1) is 0 Å². The Balaban J connectivity index is 3.35. The van der Waals surface area contributed by atoms with Crippen LogP contribution in [0.1, 0.15) is 71.1 Å². The van der Waals surface area contributed by atoms with E-state index in [1.54, 1.807) is 0 Å². The number of allylic oxidation sites excluding steroid dienone is 6. The minimum Gasteiger partial charge on any atom is -0.321 e. The van der Waals surface area contributed by atoms with Gasteiger partial charge >= 0.3 is 11.9 Å². The van der Waals surface area contributed by atoms with E-state index in [0.717, 1.165) is 57.8 Å². The van der Waals surface area contributed by atoms with Crippen molar-refractivity contribution < 1.29 is 19.4 Å². The Morgan fingerprint density at radius 3 is 2.00 bits per heavy atom. The zero-order valence-corrected chi connectivity index (χ0v) is 15.5. The van der Waals surface area contributed by atoms with Crippen molar-refractivity contribution in [2.45, 2.75) is 71.1 Å². The van der Waals surface area contributed by atoms with Crippen molar-refractivity contribution in [3.8, 4) is 0 Å². The van der Waals surface area contributed by atoms with Crippen LogP contribution in [0.4, 0.5) is 0 Å². The van der Waals surface area contributed by atoms with Gasteiger partial charge in [0.1, 0.15) is 0 Å². The number of hydrogen-bond donors (Lipinski definition) is 1. The Morgan fingerprint density at radius 1 is 0.760 bits per heavy atom. The monoisotopic (exact) mass is 351 g/mol. The lowest BCUT2D eigenvalue weighted by molar-refractivity contribution is -0.257.